The van der Waals surface area contributed by atoms with Crippen LogP contribution in [-0.2, 0) is 12.8 Å². The van der Waals surface area contributed by atoms with Crippen molar-refractivity contribution in [3.8, 4) is 0 Å². The van der Waals surface area contributed by atoms with Crippen molar-refractivity contribution in [2.24, 2.45) is 0 Å². The van der Waals surface area contributed by atoms with Crippen molar-refractivity contribution in [1.82, 2.24) is 4.98 Å². The molecule has 0 unspecified atom stereocenters. The molecule has 3 nitrogen and oxygen atoms in total. The maximum absolute atomic E-state index is 12.6. The predicted molar refractivity (Wildman–Crippen MR) is 97.4 cm³/mol. The fourth-order valence-corrected chi connectivity index (χ4v) is 3.03. The maximum atomic E-state index is 12.6. The Labute approximate surface area is 154 Å². The Morgan fingerprint density at radius 2 is 1.57 bits per heavy atom. The SMILES string of the molecule is CCc1cccc(CC)c1NC(=O)c1nc(Cl)c(Cl)c(Cl)c1Cl. The molecule has 0 aliphatic heterocycles. The highest BCUT2D eigenvalue weighted by atomic mass is 35.5. The second-order valence-electron chi connectivity index (χ2n) is 4.81. The summed E-state index contributed by atoms with van der Waals surface area (Å²) >= 11 is 23.8. The van der Waals surface area contributed by atoms with E-state index < -0.39 is 5.91 Å². The summed E-state index contributed by atoms with van der Waals surface area (Å²) in [5.74, 6) is -0.480. The summed E-state index contributed by atoms with van der Waals surface area (Å²) in [6, 6.07) is 5.89. The minimum absolute atomic E-state index is 0.0120. The average Bonchev–Trinajstić information content (AvgIpc) is 2.56. The third-order valence-corrected chi connectivity index (χ3v) is 5.11. The monoisotopic (exact) mass is 390 g/mol. The molecule has 122 valence electrons. The molecule has 0 atom stereocenters. The van der Waals surface area contributed by atoms with E-state index in [9.17, 15) is 4.79 Å². The van der Waals surface area contributed by atoms with Crippen LogP contribution in [0.3, 0.4) is 0 Å². The summed E-state index contributed by atoms with van der Waals surface area (Å²) in [6.07, 6.45) is 1.57. The molecule has 1 N–H and O–H groups in total. The zero-order valence-corrected chi connectivity index (χ0v) is 15.5. The van der Waals surface area contributed by atoms with Crippen LogP contribution in [0.1, 0.15) is 35.5 Å². The van der Waals surface area contributed by atoms with Gasteiger partial charge in [-0.05, 0) is 24.0 Å². The molecule has 1 amide bonds. The van der Waals surface area contributed by atoms with Gasteiger partial charge in [0, 0.05) is 5.69 Å². The van der Waals surface area contributed by atoms with Crippen molar-refractivity contribution in [3.63, 3.8) is 0 Å². The van der Waals surface area contributed by atoms with Gasteiger partial charge < -0.3 is 5.32 Å². The first-order chi connectivity index (χ1) is 10.9. The van der Waals surface area contributed by atoms with Crippen LogP contribution in [0.2, 0.25) is 20.2 Å². The van der Waals surface area contributed by atoms with E-state index in [1.807, 2.05) is 32.0 Å². The Morgan fingerprint density at radius 3 is 2.09 bits per heavy atom. The number of hydrogen-bond donors (Lipinski definition) is 1. The lowest BCUT2D eigenvalue weighted by Crippen LogP contribution is -2.17. The third kappa shape index (κ3) is 3.74. The van der Waals surface area contributed by atoms with E-state index >= 15 is 0 Å². The second-order valence-corrected chi connectivity index (χ2v) is 6.30. The molecule has 1 aromatic heterocycles. The first kappa shape index (κ1) is 18.3. The molecule has 0 aliphatic carbocycles. The number of para-hydroxylation sites is 1. The quantitative estimate of drug-likeness (QED) is 0.642. The molecule has 1 heterocycles. The van der Waals surface area contributed by atoms with Gasteiger partial charge in [-0.3, -0.25) is 4.79 Å². The van der Waals surface area contributed by atoms with Crippen LogP contribution in [0.25, 0.3) is 0 Å². The van der Waals surface area contributed by atoms with Crippen LogP contribution in [0, 0.1) is 0 Å². The number of carbonyl (C=O) groups excluding carboxylic acids is 1. The number of halogens is 4. The van der Waals surface area contributed by atoms with Crippen LogP contribution in [0.4, 0.5) is 5.69 Å². The molecule has 0 aliphatic rings. The molecular formula is C16H14Cl4N2O. The number of nitrogens with zero attached hydrogens (tertiary/aromatic N) is 1. The number of hydrogen-bond acceptors (Lipinski definition) is 2. The number of pyridine rings is 1. The lowest BCUT2D eigenvalue weighted by molar-refractivity contribution is 0.102. The summed E-state index contributed by atoms with van der Waals surface area (Å²) in [7, 11) is 0. The summed E-state index contributed by atoms with van der Waals surface area (Å²) in [5.41, 5.74) is 2.77. The first-order valence-electron chi connectivity index (χ1n) is 7.02. The molecule has 1 aromatic carbocycles. The molecule has 0 saturated carbocycles. The number of amides is 1. The number of aryl methyl sites for hydroxylation is 2. The third-order valence-electron chi connectivity index (χ3n) is 3.44. The normalized spacial score (nSPS) is 10.7. The maximum Gasteiger partial charge on any atom is 0.275 e. The molecule has 0 spiro atoms. The summed E-state index contributed by atoms with van der Waals surface area (Å²) < 4.78 is 0. The number of aromatic nitrogens is 1. The van der Waals surface area contributed by atoms with Gasteiger partial charge in [0.05, 0.1) is 15.1 Å². The van der Waals surface area contributed by atoms with E-state index in [0.29, 0.717) is 0 Å². The lowest BCUT2D eigenvalue weighted by atomic mass is 10.0. The minimum atomic E-state index is -0.480. The highest BCUT2D eigenvalue weighted by molar-refractivity contribution is 6.52. The van der Waals surface area contributed by atoms with Gasteiger partial charge in [0.15, 0.2) is 0 Å². The Balaban J connectivity index is 2.45. The standard InChI is InChI=1S/C16H14Cl4N2O/c1-3-8-6-5-7-9(4-2)13(8)22-16(23)14-11(18)10(17)12(19)15(20)21-14/h5-7H,3-4H2,1-2H3,(H,22,23). The van der Waals surface area contributed by atoms with E-state index in [1.165, 1.54) is 0 Å². The highest BCUT2D eigenvalue weighted by Gasteiger charge is 2.21. The summed E-state index contributed by atoms with van der Waals surface area (Å²) in [4.78, 5) is 16.5. The molecule has 7 heteroatoms. The molecule has 0 fully saturated rings. The van der Waals surface area contributed by atoms with Gasteiger partial charge in [0.2, 0.25) is 0 Å². The fraction of sp³-hybridized carbons (Fsp3) is 0.250. The van der Waals surface area contributed by atoms with Crippen molar-refractivity contribution >= 4 is 58.0 Å². The zero-order chi connectivity index (χ0) is 17.1. The predicted octanol–water partition coefficient (Wildman–Crippen LogP) is 6.07. The van der Waals surface area contributed by atoms with Gasteiger partial charge in [-0.15, -0.1) is 0 Å². The summed E-state index contributed by atoms with van der Waals surface area (Å²) in [6.45, 7) is 4.04. The van der Waals surface area contributed by atoms with Crippen molar-refractivity contribution in [2.45, 2.75) is 26.7 Å². The van der Waals surface area contributed by atoms with Crippen LogP contribution in [0.5, 0.6) is 0 Å². The van der Waals surface area contributed by atoms with Gasteiger partial charge in [0.25, 0.3) is 5.91 Å². The van der Waals surface area contributed by atoms with Gasteiger partial charge in [-0.1, -0.05) is 78.5 Å². The van der Waals surface area contributed by atoms with Crippen molar-refractivity contribution in [2.75, 3.05) is 5.32 Å². The summed E-state index contributed by atoms with van der Waals surface area (Å²) in [5, 5.41) is 2.82. The molecule has 23 heavy (non-hydrogen) atoms. The van der Waals surface area contributed by atoms with Crippen LogP contribution < -0.4 is 5.32 Å². The Kier molecular flexibility index (Phi) is 6.15. The number of rotatable bonds is 4. The molecule has 2 rings (SSSR count). The minimum Gasteiger partial charge on any atom is -0.320 e. The van der Waals surface area contributed by atoms with E-state index in [1.54, 1.807) is 0 Å². The first-order valence-corrected chi connectivity index (χ1v) is 8.53. The van der Waals surface area contributed by atoms with Gasteiger partial charge in [-0.25, -0.2) is 4.98 Å². The zero-order valence-electron chi connectivity index (χ0n) is 12.5. The Bertz CT molecular complexity index is 740. The molecule has 0 saturated heterocycles. The lowest BCUT2D eigenvalue weighted by Gasteiger charge is -2.15. The van der Waals surface area contributed by atoms with Crippen molar-refractivity contribution in [3.05, 3.63) is 55.2 Å². The van der Waals surface area contributed by atoms with E-state index in [4.69, 9.17) is 46.4 Å². The smallest absolute Gasteiger partial charge is 0.275 e. The average molecular weight is 392 g/mol. The molecular weight excluding hydrogens is 378 g/mol. The van der Waals surface area contributed by atoms with E-state index in [-0.39, 0.29) is 25.9 Å². The van der Waals surface area contributed by atoms with E-state index in [0.717, 1.165) is 29.7 Å². The van der Waals surface area contributed by atoms with Crippen LogP contribution in [0.15, 0.2) is 18.2 Å². The molecule has 2 aromatic rings. The van der Waals surface area contributed by atoms with Crippen LogP contribution in [-0.4, -0.2) is 10.9 Å². The van der Waals surface area contributed by atoms with Crippen molar-refractivity contribution < 1.29 is 4.79 Å². The number of carbonyl (C=O) groups is 1. The van der Waals surface area contributed by atoms with Gasteiger partial charge in [-0.2, -0.15) is 0 Å². The molecule has 0 bridgehead atoms. The Hall–Kier alpha value is -1.000. The van der Waals surface area contributed by atoms with Crippen LogP contribution >= 0.6 is 46.4 Å². The largest absolute Gasteiger partial charge is 0.320 e. The highest BCUT2D eigenvalue weighted by Crippen LogP contribution is 2.36. The molecule has 0 radical (unpaired) electrons. The van der Waals surface area contributed by atoms with Crippen molar-refractivity contribution in [1.29, 1.82) is 0 Å². The van der Waals surface area contributed by atoms with E-state index in [2.05, 4.69) is 10.3 Å². The second kappa shape index (κ2) is 7.71. The Morgan fingerprint density at radius 1 is 1.00 bits per heavy atom. The number of benzene rings is 1. The number of nitrogens with one attached hydrogen (secondary N) is 1. The van der Waals surface area contributed by atoms with Gasteiger partial charge >= 0.3 is 0 Å². The van der Waals surface area contributed by atoms with Gasteiger partial charge in [0.1, 0.15) is 10.8 Å². The topological polar surface area (TPSA) is 42.0 Å². The number of anilines is 1. The fourth-order valence-electron chi connectivity index (χ4n) is 2.21.